The highest BCUT2D eigenvalue weighted by molar-refractivity contribution is 5.84. The number of carboxylic acid groups (broad SMARTS) is 1. The van der Waals surface area contributed by atoms with Crippen molar-refractivity contribution in [1.29, 1.82) is 0 Å². The van der Waals surface area contributed by atoms with Crippen LogP contribution in [0.15, 0.2) is 23.2 Å². The number of fused-ring (bicyclic) bond motifs is 1. The SMILES string of the molecule is NCCOCCOCCOCCN1Cc2cc(OCCCNC3=NCCN3)ccc2C[C@@H](CC(=O)O)C1=O. The fourth-order valence-corrected chi connectivity index (χ4v) is 4.28. The van der Waals surface area contributed by atoms with Crippen LogP contribution in [0.5, 0.6) is 5.75 Å². The molecule has 2 aliphatic heterocycles. The third-order valence-electron chi connectivity index (χ3n) is 6.16. The molecule has 2 heterocycles. The number of hydrogen-bond donors (Lipinski definition) is 4. The van der Waals surface area contributed by atoms with E-state index in [0.29, 0.717) is 72.3 Å². The third-order valence-corrected chi connectivity index (χ3v) is 6.16. The molecule has 0 fully saturated rings. The Bertz CT molecular complexity index is 914. The minimum Gasteiger partial charge on any atom is -0.494 e. The van der Waals surface area contributed by atoms with E-state index in [1.54, 1.807) is 4.90 Å². The number of nitrogens with zero attached hydrogens (tertiary/aromatic N) is 2. The lowest BCUT2D eigenvalue weighted by molar-refractivity contribution is -0.145. The zero-order chi connectivity index (χ0) is 27.0. The van der Waals surface area contributed by atoms with Crippen molar-refractivity contribution in [3.05, 3.63) is 29.3 Å². The molecule has 0 bridgehead atoms. The maximum absolute atomic E-state index is 13.2. The monoisotopic (exact) mass is 535 g/mol. The number of guanidine groups is 1. The molecule has 0 unspecified atom stereocenters. The van der Waals surface area contributed by atoms with Crippen LogP contribution in [0.1, 0.15) is 24.0 Å². The molecule has 12 heteroatoms. The molecule has 3 rings (SSSR count). The molecule has 0 aliphatic carbocycles. The normalized spacial score (nSPS) is 17.0. The molecule has 1 aromatic carbocycles. The van der Waals surface area contributed by atoms with Gasteiger partial charge in [-0.2, -0.15) is 0 Å². The van der Waals surface area contributed by atoms with Crippen molar-refractivity contribution in [2.24, 2.45) is 16.6 Å². The number of carbonyl (C=O) groups is 2. The number of rotatable bonds is 18. The largest absolute Gasteiger partial charge is 0.494 e. The minimum atomic E-state index is -0.983. The van der Waals surface area contributed by atoms with Crippen LogP contribution in [0.25, 0.3) is 0 Å². The summed E-state index contributed by atoms with van der Waals surface area (Å²) in [7, 11) is 0. The van der Waals surface area contributed by atoms with Gasteiger partial charge in [-0.25, -0.2) is 0 Å². The van der Waals surface area contributed by atoms with Gasteiger partial charge in [-0.05, 0) is 36.1 Å². The fourth-order valence-electron chi connectivity index (χ4n) is 4.28. The molecule has 5 N–H and O–H groups in total. The summed E-state index contributed by atoms with van der Waals surface area (Å²) in [6, 6.07) is 5.78. The van der Waals surface area contributed by atoms with Crippen molar-refractivity contribution in [1.82, 2.24) is 15.5 Å². The summed E-state index contributed by atoms with van der Waals surface area (Å²) in [6.07, 6.45) is 0.989. The number of benzene rings is 1. The van der Waals surface area contributed by atoms with Gasteiger partial charge in [0.05, 0.1) is 65.1 Å². The van der Waals surface area contributed by atoms with Gasteiger partial charge in [-0.15, -0.1) is 0 Å². The molecule has 212 valence electrons. The van der Waals surface area contributed by atoms with Gasteiger partial charge < -0.3 is 45.3 Å². The van der Waals surface area contributed by atoms with E-state index >= 15 is 0 Å². The standard InChI is InChI=1S/C26H41N5O7/c27-4-10-35-12-14-37-15-13-36-11-8-31-19-22-17-23(38-9-1-5-28-26-29-6-7-30-26)3-2-20(22)16-21(25(31)34)18-24(32)33/h2-3,17,21H,1,4-16,18-19,27H2,(H,32,33)(H2,28,29,30)/t21-/m0/s1. The van der Waals surface area contributed by atoms with Gasteiger partial charge in [0.25, 0.3) is 0 Å². The van der Waals surface area contributed by atoms with Gasteiger partial charge in [-0.1, -0.05) is 6.07 Å². The average Bonchev–Trinajstić information content (AvgIpc) is 3.38. The minimum absolute atomic E-state index is 0.169. The van der Waals surface area contributed by atoms with Gasteiger partial charge in [-0.3, -0.25) is 14.6 Å². The number of nitrogens with one attached hydrogen (secondary N) is 2. The maximum atomic E-state index is 13.2. The lowest BCUT2D eigenvalue weighted by Gasteiger charge is -2.24. The zero-order valence-corrected chi connectivity index (χ0v) is 22.0. The van der Waals surface area contributed by atoms with Crippen LogP contribution in [-0.2, 0) is 36.8 Å². The quantitative estimate of drug-likeness (QED) is 0.189. The van der Waals surface area contributed by atoms with Crippen LogP contribution < -0.4 is 21.1 Å². The van der Waals surface area contributed by atoms with E-state index in [1.165, 1.54) is 0 Å². The Labute approximate surface area is 223 Å². The summed E-state index contributed by atoms with van der Waals surface area (Å²) in [4.78, 5) is 30.6. The Morgan fingerprint density at radius 1 is 1.11 bits per heavy atom. The van der Waals surface area contributed by atoms with Crippen molar-refractivity contribution in [3.8, 4) is 5.75 Å². The Morgan fingerprint density at radius 3 is 2.58 bits per heavy atom. The van der Waals surface area contributed by atoms with Crippen molar-refractivity contribution >= 4 is 17.8 Å². The summed E-state index contributed by atoms with van der Waals surface area (Å²) >= 11 is 0. The topological polar surface area (TPSA) is 157 Å². The van der Waals surface area contributed by atoms with Crippen LogP contribution in [0, 0.1) is 5.92 Å². The van der Waals surface area contributed by atoms with Crippen LogP contribution in [0.3, 0.4) is 0 Å². The molecule has 0 spiro atoms. The van der Waals surface area contributed by atoms with E-state index in [0.717, 1.165) is 48.9 Å². The Hall–Kier alpha value is -2.93. The predicted molar refractivity (Wildman–Crippen MR) is 141 cm³/mol. The summed E-state index contributed by atoms with van der Waals surface area (Å²) < 4.78 is 22.3. The molecule has 12 nitrogen and oxygen atoms in total. The first-order valence-corrected chi connectivity index (χ1v) is 13.3. The fraction of sp³-hybridized carbons (Fsp3) is 0.654. The van der Waals surface area contributed by atoms with Crippen LogP contribution in [0.4, 0.5) is 0 Å². The second kappa shape index (κ2) is 16.8. The van der Waals surface area contributed by atoms with Gasteiger partial charge >= 0.3 is 5.97 Å². The second-order valence-corrected chi connectivity index (χ2v) is 9.10. The summed E-state index contributed by atoms with van der Waals surface area (Å²) in [5, 5.41) is 15.8. The molecular weight excluding hydrogens is 494 g/mol. The Morgan fingerprint density at radius 2 is 1.87 bits per heavy atom. The van der Waals surface area contributed by atoms with Gasteiger partial charge in [0.15, 0.2) is 5.96 Å². The molecule has 2 aliphatic rings. The number of carbonyl (C=O) groups excluding carboxylic acids is 1. The number of aliphatic imine (C=N–C) groups is 1. The molecule has 1 atom stereocenters. The first-order chi connectivity index (χ1) is 18.6. The van der Waals surface area contributed by atoms with Crippen LogP contribution in [0.2, 0.25) is 0 Å². The maximum Gasteiger partial charge on any atom is 0.304 e. The van der Waals surface area contributed by atoms with Crippen molar-refractivity contribution < 1.29 is 33.6 Å². The lowest BCUT2D eigenvalue weighted by Crippen LogP contribution is -2.37. The highest BCUT2D eigenvalue weighted by Gasteiger charge is 2.31. The number of aliphatic carboxylic acids is 1. The molecular formula is C26H41N5O7. The number of nitrogens with two attached hydrogens (primary N) is 1. The summed E-state index contributed by atoms with van der Waals surface area (Å²) in [5.41, 5.74) is 7.30. The highest BCUT2D eigenvalue weighted by Crippen LogP contribution is 2.28. The number of ether oxygens (including phenoxy) is 4. The Balaban J connectivity index is 1.47. The van der Waals surface area contributed by atoms with E-state index in [4.69, 9.17) is 24.7 Å². The van der Waals surface area contributed by atoms with E-state index in [2.05, 4.69) is 15.6 Å². The summed E-state index contributed by atoms with van der Waals surface area (Å²) in [5.74, 6) is -0.205. The Kier molecular flexibility index (Phi) is 13.1. The van der Waals surface area contributed by atoms with E-state index in [9.17, 15) is 14.7 Å². The van der Waals surface area contributed by atoms with E-state index in [1.807, 2.05) is 18.2 Å². The van der Waals surface area contributed by atoms with Crippen molar-refractivity contribution in [2.45, 2.75) is 25.8 Å². The van der Waals surface area contributed by atoms with E-state index in [-0.39, 0.29) is 12.3 Å². The van der Waals surface area contributed by atoms with Crippen molar-refractivity contribution in [3.63, 3.8) is 0 Å². The number of carboxylic acids is 1. The first-order valence-electron chi connectivity index (χ1n) is 13.3. The molecule has 1 amide bonds. The average molecular weight is 536 g/mol. The van der Waals surface area contributed by atoms with Crippen molar-refractivity contribution in [2.75, 3.05) is 79.0 Å². The predicted octanol–water partition coefficient (Wildman–Crippen LogP) is -0.0116. The molecule has 0 saturated carbocycles. The number of amides is 1. The molecule has 0 radical (unpaired) electrons. The molecule has 38 heavy (non-hydrogen) atoms. The first kappa shape index (κ1) is 29.6. The van der Waals surface area contributed by atoms with Gasteiger partial charge in [0.2, 0.25) is 5.91 Å². The molecule has 1 aromatic rings. The highest BCUT2D eigenvalue weighted by atomic mass is 16.5. The van der Waals surface area contributed by atoms with Crippen LogP contribution in [-0.4, -0.2) is 107 Å². The molecule has 0 aromatic heterocycles. The van der Waals surface area contributed by atoms with Gasteiger partial charge in [0.1, 0.15) is 5.75 Å². The van der Waals surface area contributed by atoms with E-state index < -0.39 is 11.9 Å². The molecule has 0 saturated heterocycles. The second-order valence-electron chi connectivity index (χ2n) is 9.10. The van der Waals surface area contributed by atoms with Gasteiger partial charge in [0, 0.05) is 32.7 Å². The zero-order valence-electron chi connectivity index (χ0n) is 22.0. The van der Waals surface area contributed by atoms with Crippen LogP contribution >= 0.6 is 0 Å². The lowest BCUT2D eigenvalue weighted by atomic mass is 9.94. The number of hydrogen-bond acceptors (Lipinski definition) is 10. The smallest absolute Gasteiger partial charge is 0.304 e. The third kappa shape index (κ3) is 10.4. The summed E-state index contributed by atoms with van der Waals surface area (Å²) in [6.45, 7) is 6.80.